The van der Waals surface area contributed by atoms with Crippen molar-refractivity contribution in [2.45, 2.75) is 37.9 Å². The molecule has 6 N–H and O–H groups in total. The Balaban J connectivity index is 0.00000860. The fraction of sp³-hybridized carbons (Fsp3) is 0.379. The number of hydrogen-bond acceptors (Lipinski definition) is 12. The predicted molar refractivity (Wildman–Crippen MR) is 301 cm³/mol. The van der Waals surface area contributed by atoms with Crippen LogP contribution in [0.25, 0.3) is 89.7 Å². The van der Waals surface area contributed by atoms with Gasteiger partial charge in [-0.15, -0.1) is 0 Å². The standard InChI is InChI=1S/C58H66N12O10.8HI.Zn/c1-67(2,25-21-47(71)72)31-37(32-68(3,4)26-22-48(73)74)79-35-17-19-43-45(29-35)58-64-55(43)62-53-40-14-10-9-13-39(40)51(60-53)59-52-41-15-11-12-16-42(41)54(61-52)63-57-46-30-36(18-20-44(46)56(65-57)66-58)80-38(33-69(5,6)27-23-49(75)76)34-70(7,8)28-24-50(77)78;;;;;;;;;/h9-20,29-30,37-38H,21-28,31-34H2,1-8H3,(H2-4,59,60,61,62,63,64,65,66,71,72,73,74,75,76,77,78);8*1H;/q;;;;;;;;;+2/p-4. The summed E-state index contributed by atoms with van der Waals surface area (Å²) in [6.07, 6.45) is -1.10. The van der Waals surface area contributed by atoms with E-state index in [-0.39, 0.29) is 237 Å². The first-order valence-corrected chi connectivity index (χ1v) is 26.6. The van der Waals surface area contributed by atoms with Crippen molar-refractivity contribution in [3.8, 4) is 57.1 Å². The van der Waals surface area contributed by atoms with Crippen LogP contribution in [0.3, 0.4) is 0 Å². The fourth-order valence-corrected chi connectivity index (χ4v) is 10.6. The third-order valence-corrected chi connectivity index (χ3v) is 14.7. The molecule has 7 aromatic rings. The van der Waals surface area contributed by atoms with Gasteiger partial charge in [0.15, 0.2) is 35.5 Å². The van der Waals surface area contributed by atoms with Crippen LogP contribution in [0.5, 0.6) is 11.5 Å². The van der Waals surface area contributed by atoms with Crippen molar-refractivity contribution in [2.75, 3.05) is 109 Å². The molecule has 89 heavy (non-hydrogen) atoms. The molecule has 22 nitrogen and oxygen atoms in total. The molecule has 9 rings (SSSR count). The number of benzene rings is 4. The SMILES string of the molecule is C[N+](C)(CCC(=O)O)CC(C[N+](C)(C)CCC(=O)O)Oc1ccc2c(c1)-c1nc-2nc2[nH]c(nc3nc(nc4[nH]c(n1)c1ccc(OC(C[N+](C)(C)CCC(=O)O)C[N+](C)(C)CCC(=O)O)cc41)-c1ccccc1-3)c1ccccc21.[I-].[I-].[I-].[I-].[I-].[I-].[I-].[I-].[Zn+2]. The Hall–Kier alpha value is -1.98. The molecule has 0 atom stereocenters. The van der Waals surface area contributed by atoms with Gasteiger partial charge in [0.1, 0.15) is 60.3 Å². The van der Waals surface area contributed by atoms with Gasteiger partial charge >= 0.3 is 43.4 Å². The molecule has 5 heterocycles. The third kappa shape index (κ3) is 23.1. The number of aromatic amines is 2. The summed E-state index contributed by atoms with van der Waals surface area (Å²) >= 11 is 0. The second kappa shape index (κ2) is 36.8. The summed E-state index contributed by atoms with van der Waals surface area (Å²) in [5.41, 5.74) is 4.74. The third-order valence-electron chi connectivity index (χ3n) is 14.7. The molecule has 2 aliphatic heterocycles. The number of hydrogen-bond donors (Lipinski definition) is 6. The van der Waals surface area contributed by atoms with Crippen molar-refractivity contribution < 1.29 is 278 Å². The molecule has 8 bridgehead atoms. The molecule has 482 valence electrons. The van der Waals surface area contributed by atoms with E-state index < -0.39 is 36.1 Å². The van der Waals surface area contributed by atoms with Crippen LogP contribution in [0, 0.1) is 0 Å². The largest absolute Gasteiger partial charge is 2.00 e. The quantitative estimate of drug-likeness (QED) is 0.0186. The fourth-order valence-electron chi connectivity index (χ4n) is 10.6. The smallest absolute Gasteiger partial charge is 1.00 e. The molecule has 0 saturated heterocycles. The normalized spacial score (nSPS) is 11.4. The van der Waals surface area contributed by atoms with E-state index in [9.17, 15) is 39.6 Å². The summed E-state index contributed by atoms with van der Waals surface area (Å²) in [4.78, 5) is 84.8. The van der Waals surface area contributed by atoms with Crippen molar-refractivity contribution >= 4 is 68.0 Å². The molecular weight excluding hydrogens is 2110 g/mol. The number of nitrogens with one attached hydrogen (secondary N) is 2. The Kier molecular flexibility index (Phi) is 36.0. The molecular formula is C58H70I8N12O10Zn-2. The van der Waals surface area contributed by atoms with Crippen LogP contribution in [-0.4, -0.2) is 223 Å². The van der Waals surface area contributed by atoms with Crippen LogP contribution in [-0.2, 0) is 38.7 Å². The molecule has 0 unspecified atom stereocenters. The van der Waals surface area contributed by atoms with E-state index in [1.807, 2.05) is 141 Å². The zero-order chi connectivity index (χ0) is 57.3. The van der Waals surface area contributed by atoms with Gasteiger partial charge in [-0.2, -0.15) is 0 Å². The zero-order valence-corrected chi connectivity index (χ0v) is 70.4. The van der Waals surface area contributed by atoms with Crippen molar-refractivity contribution in [1.29, 1.82) is 0 Å². The monoisotopic (exact) mass is 2170 g/mol. The van der Waals surface area contributed by atoms with E-state index in [0.717, 1.165) is 21.9 Å². The van der Waals surface area contributed by atoms with E-state index in [2.05, 4.69) is 9.97 Å². The van der Waals surface area contributed by atoms with Gasteiger partial charge in [-0.1, -0.05) is 48.5 Å². The molecule has 2 aliphatic rings. The molecule has 31 heteroatoms. The van der Waals surface area contributed by atoms with Gasteiger partial charge < -0.3 is 250 Å². The maximum absolute atomic E-state index is 11.7. The Labute approximate surface area is 666 Å². The van der Waals surface area contributed by atoms with E-state index in [1.54, 1.807) is 0 Å². The molecule has 0 amide bonds. The van der Waals surface area contributed by atoms with E-state index in [0.29, 0.717) is 150 Å². The topological polar surface area (TPSA) is 277 Å². The summed E-state index contributed by atoms with van der Waals surface area (Å²) in [6, 6.07) is 26.8. The molecule has 0 aliphatic carbocycles. The minimum absolute atomic E-state index is 0. The number of carboxylic acid groups (broad SMARTS) is 4. The van der Waals surface area contributed by atoms with E-state index in [1.165, 1.54) is 0 Å². The molecule has 4 aromatic carbocycles. The number of ether oxygens (including phenoxy) is 2. The number of carboxylic acids is 4. The van der Waals surface area contributed by atoms with Gasteiger partial charge in [0.2, 0.25) is 0 Å². The maximum atomic E-state index is 11.7. The Morgan fingerprint density at radius 3 is 1.01 bits per heavy atom. The summed E-state index contributed by atoms with van der Waals surface area (Å²) < 4.78 is 15.1. The Morgan fingerprint density at radius 2 is 0.663 bits per heavy atom. The number of H-pyrrole nitrogens is 2. The van der Waals surface area contributed by atoms with E-state index in [4.69, 9.17) is 39.4 Å². The summed E-state index contributed by atoms with van der Waals surface area (Å²) in [5, 5.41) is 41.3. The minimum atomic E-state index is -0.901. The number of likely N-dealkylation sites (N-methyl/N-ethyl adjacent to an activating group) is 4. The van der Waals surface area contributed by atoms with Gasteiger partial charge in [-0.05, 0) is 36.4 Å². The Morgan fingerprint density at radius 1 is 0.382 bits per heavy atom. The number of rotatable bonds is 24. The van der Waals surface area contributed by atoms with Gasteiger partial charge in [0.05, 0.1) is 108 Å². The number of quaternary nitrogens is 4. The molecule has 0 spiro atoms. The molecule has 0 fully saturated rings. The van der Waals surface area contributed by atoms with Crippen molar-refractivity contribution in [2.24, 2.45) is 0 Å². The van der Waals surface area contributed by atoms with Crippen molar-refractivity contribution in [3.63, 3.8) is 0 Å². The number of fused-ring (bicyclic) bond motifs is 20. The van der Waals surface area contributed by atoms with Gasteiger partial charge in [0, 0.05) is 43.8 Å². The second-order valence-corrected chi connectivity index (χ2v) is 23.5. The summed E-state index contributed by atoms with van der Waals surface area (Å²) in [5.74, 6) is -1.05. The maximum Gasteiger partial charge on any atom is 2.00 e. The second-order valence-electron chi connectivity index (χ2n) is 23.5. The van der Waals surface area contributed by atoms with Gasteiger partial charge in [-0.3, -0.25) is 19.2 Å². The van der Waals surface area contributed by atoms with Crippen LogP contribution < -0.4 is 201 Å². The van der Waals surface area contributed by atoms with Gasteiger partial charge in [0.25, 0.3) is 0 Å². The first-order valence-electron chi connectivity index (χ1n) is 26.6. The van der Waals surface area contributed by atoms with E-state index >= 15 is 0 Å². The number of carbonyl (C=O) groups is 4. The van der Waals surface area contributed by atoms with Crippen LogP contribution >= 0.6 is 0 Å². The summed E-state index contributed by atoms with van der Waals surface area (Å²) in [6.45, 7) is 3.11. The predicted octanol–water partition coefficient (Wildman–Crippen LogP) is -17.4. The molecule has 0 saturated carbocycles. The number of aromatic nitrogens is 8. The summed E-state index contributed by atoms with van der Waals surface area (Å²) in [7, 11) is 15.6. The molecule has 0 radical (unpaired) electrons. The van der Waals surface area contributed by atoms with Crippen LogP contribution in [0.4, 0.5) is 0 Å². The first-order chi connectivity index (χ1) is 37.8. The van der Waals surface area contributed by atoms with Crippen LogP contribution in [0.1, 0.15) is 25.7 Å². The van der Waals surface area contributed by atoms with Gasteiger partial charge in [-0.25, -0.2) is 29.9 Å². The number of aliphatic carboxylic acids is 4. The Bertz CT molecular complexity index is 3700. The zero-order valence-electron chi connectivity index (χ0n) is 50.2. The minimum Gasteiger partial charge on any atom is -1.00 e. The molecule has 3 aromatic heterocycles. The number of nitrogens with zero attached hydrogens (tertiary/aromatic N) is 10. The van der Waals surface area contributed by atoms with Crippen molar-refractivity contribution in [1.82, 2.24) is 39.9 Å². The van der Waals surface area contributed by atoms with Crippen molar-refractivity contribution in [3.05, 3.63) is 84.9 Å². The first kappa shape index (κ1) is 87.0. The van der Waals surface area contributed by atoms with Crippen LogP contribution in [0.2, 0.25) is 0 Å². The average molecular weight is 2180 g/mol. The van der Waals surface area contributed by atoms with Crippen LogP contribution in [0.15, 0.2) is 84.9 Å². The number of halogens is 8. The average Bonchev–Trinajstić information content (AvgIpc) is 4.29.